The van der Waals surface area contributed by atoms with E-state index >= 15 is 0 Å². The minimum Gasteiger partial charge on any atom is -0.478 e. The summed E-state index contributed by atoms with van der Waals surface area (Å²) in [4.78, 5) is 10.7. The summed E-state index contributed by atoms with van der Waals surface area (Å²) in [6.45, 7) is -0.560. The van der Waals surface area contributed by atoms with E-state index in [1.807, 2.05) is 0 Å². The highest BCUT2D eigenvalue weighted by molar-refractivity contribution is 5.90. The predicted octanol–water partition coefficient (Wildman–Crippen LogP) is 1.75. The highest BCUT2D eigenvalue weighted by Gasteiger charge is 2.31. The van der Waals surface area contributed by atoms with Crippen molar-refractivity contribution >= 4 is 5.97 Å². The monoisotopic (exact) mass is 244 g/mol. The number of carbonyl (C=O) groups is 1. The van der Waals surface area contributed by atoms with E-state index in [1.54, 1.807) is 0 Å². The van der Waals surface area contributed by atoms with Crippen molar-refractivity contribution in [1.29, 1.82) is 0 Å². The van der Waals surface area contributed by atoms with Crippen molar-refractivity contribution in [3.63, 3.8) is 0 Å². The van der Waals surface area contributed by atoms with Crippen LogP contribution in [0, 0.1) is 11.8 Å². The fourth-order valence-electron chi connectivity index (χ4n) is 1.15. The van der Waals surface area contributed by atoms with Crippen LogP contribution >= 0.6 is 0 Å². The van der Waals surface area contributed by atoms with Crippen LogP contribution in [0.3, 0.4) is 0 Å². The van der Waals surface area contributed by atoms with E-state index in [2.05, 4.69) is 11.8 Å². The summed E-state index contributed by atoms with van der Waals surface area (Å²) in [6, 6.07) is 2.16. The maximum absolute atomic E-state index is 12.4. The van der Waals surface area contributed by atoms with Gasteiger partial charge in [-0.25, -0.2) is 4.79 Å². The molecule has 6 heteroatoms. The summed E-state index contributed by atoms with van der Waals surface area (Å²) >= 11 is 0. The Balaban J connectivity index is 3.34. The molecule has 1 aromatic rings. The molecule has 0 unspecified atom stereocenters. The Morgan fingerprint density at radius 3 is 2.47 bits per heavy atom. The van der Waals surface area contributed by atoms with Crippen molar-refractivity contribution < 1.29 is 28.2 Å². The molecular formula is C11H7F3O3. The Bertz CT molecular complexity index is 495. The molecule has 0 aliphatic rings. The standard InChI is InChI=1S/C11H7F3O3/c12-11(13,14)8-3-4-9(10(16)17)7(6-8)2-1-5-15/h3-4,6,15H,5H2,(H,16,17). The number of hydrogen-bond donors (Lipinski definition) is 2. The first kappa shape index (κ1) is 13.1. The lowest BCUT2D eigenvalue weighted by molar-refractivity contribution is -0.137. The molecule has 0 amide bonds. The van der Waals surface area contributed by atoms with Gasteiger partial charge in [0.25, 0.3) is 0 Å². The van der Waals surface area contributed by atoms with Crippen molar-refractivity contribution in [3.05, 3.63) is 34.9 Å². The van der Waals surface area contributed by atoms with Crippen LogP contribution in [0.1, 0.15) is 21.5 Å². The van der Waals surface area contributed by atoms with Crippen LogP contribution in [0.2, 0.25) is 0 Å². The van der Waals surface area contributed by atoms with Crippen LogP contribution in [0.4, 0.5) is 13.2 Å². The number of carboxylic acid groups (broad SMARTS) is 1. The maximum atomic E-state index is 12.4. The summed E-state index contributed by atoms with van der Waals surface area (Å²) in [5.74, 6) is 2.92. The molecule has 0 atom stereocenters. The summed E-state index contributed by atoms with van der Waals surface area (Å²) in [5.41, 5.74) is -1.59. The van der Waals surface area contributed by atoms with Gasteiger partial charge in [-0.2, -0.15) is 13.2 Å². The first-order valence-electron chi connectivity index (χ1n) is 4.40. The van der Waals surface area contributed by atoms with Gasteiger partial charge in [-0.3, -0.25) is 0 Å². The molecule has 90 valence electrons. The first-order valence-corrected chi connectivity index (χ1v) is 4.40. The normalized spacial score (nSPS) is 10.6. The molecule has 17 heavy (non-hydrogen) atoms. The number of carboxylic acids is 1. The van der Waals surface area contributed by atoms with E-state index in [4.69, 9.17) is 10.2 Å². The van der Waals surface area contributed by atoms with Gasteiger partial charge in [0, 0.05) is 5.56 Å². The Kier molecular flexibility index (Phi) is 3.76. The SMILES string of the molecule is O=C(O)c1ccc(C(F)(F)F)cc1C#CCO. The van der Waals surface area contributed by atoms with Gasteiger partial charge < -0.3 is 10.2 Å². The van der Waals surface area contributed by atoms with Gasteiger partial charge >= 0.3 is 12.1 Å². The molecule has 0 saturated heterocycles. The number of halogens is 3. The van der Waals surface area contributed by atoms with Gasteiger partial charge in [0.15, 0.2) is 0 Å². The third-order valence-electron chi connectivity index (χ3n) is 1.88. The van der Waals surface area contributed by atoms with Crippen LogP contribution in [-0.4, -0.2) is 22.8 Å². The summed E-state index contributed by atoms with van der Waals surface area (Å²) in [6.07, 6.45) is -4.56. The van der Waals surface area contributed by atoms with E-state index in [0.29, 0.717) is 12.1 Å². The lowest BCUT2D eigenvalue weighted by Crippen LogP contribution is -2.08. The zero-order chi connectivity index (χ0) is 13.1. The van der Waals surface area contributed by atoms with Gasteiger partial charge in [0.05, 0.1) is 11.1 Å². The smallest absolute Gasteiger partial charge is 0.416 e. The predicted molar refractivity (Wildman–Crippen MR) is 52.4 cm³/mol. The first-order chi connectivity index (χ1) is 7.86. The number of aliphatic hydroxyl groups excluding tert-OH is 1. The molecule has 0 aliphatic heterocycles. The molecule has 0 bridgehead atoms. The Morgan fingerprint density at radius 1 is 1.35 bits per heavy atom. The van der Waals surface area contributed by atoms with Gasteiger partial charge in [-0.15, -0.1) is 0 Å². The van der Waals surface area contributed by atoms with Crippen LogP contribution in [-0.2, 0) is 6.18 Å². The van der Waals surface area contributed by atoms with E-state index in [-0.39, 0.29) is 11.1 Å². The second-order valence-electron chi connectivity index (χ2n) is 3.02. The molecular weight excluding hydrogens is 237 g/mol. The number of aromatic carboxylic acids is 1. The second-order valence-corrected chi connectivity index (χ2v) is 3.02. The Labute approximate surface area is 94.5 Å². The van der Waals surface area contributed by atoms with Crippen molar-refractivity contribution in [2.24, 2.45) is 0 Å². The maximum Gasteiger partial charge on any atom is 0.416 e. The Hall–Kier alpha value is -2.00. The molecule has 0 saturated carbocycles. The third kappa shape index (κ3) is 3.23. The molecule has 1 aromatic carbocycles. The van der Waals surface area contributed by atoms with Crippen molar-refractivity contribution in [1.82, 2.24) is 0 Å². The minimum absolute atomic E-state index is 0.277. The second kappa shape index (κ2) is 4.89. The van der Waals surface area contributed by atoms with Gasteiger partial charge in [-0.05, 0) is 18.2 Å². The van der Waals surface area contributed by atoms with E-state index in [1.165, 1.54) is 0 Å². The zero-order valence-electron chi connectivity index (χ0n) is 8.38. The van der Waals surface area contributed by atoms with E-state index in [0.717, 1.165) is 6.07 Å². The molecule has 0 radical (unpaired) electrons. The molecule has 0 aliphatic carbocycles. The highest BCUT2D eigenvalue weighted by atomic mass is 19.4. The van der Waals surface area contributed by atoms with Crippen LogP contribution in [0.5, 0.6) is 0 Å². The molecule has 1 rings (SSSR count). The van der Waals surface area contributed by atoms with Crippen LogP contribution in [0.15, 0.2) is 18.2 Å². The zero-order valence-corrected chi connectivity index (χ0v) is 8.38. The summed E-state index contributed by atoms with van der Waals surface area (Å²) in [5, 5.41) is 17.2. The third-order valence-corrected chi connectivity index (χ3v) is 1.88. The van der Waals surface area contributed by atoms with Crippen molar-refractivity contribution in [3.8, 4) is 11.8 Å². The summed E-state index contributed by atoms with van der Waals surface area (Å²) in [7, 11) is 0. The largest absolute Gasteiger partial charge is 0.478 e. The number of hydrogen-bond acceptors (Lipinski definition) is 2. The number of rotatable bonds is 1. The molecule has 0 heterocycles. The van der Waals surface area contributed by atoms with Gasteiger partial charge in [0.1, 0.15) is 6.61 Å². The van der Waals surface area contributed by atoms with Crippen LogP contribution < -0.4 is 0 Å². The molecule has 0 spiro atoms. The lowest BCUT2D eigenvalue weighted by atomic mass is 10.0. The summed E-state index contributed by atoms with van der Waals surface area (Å²) < 4.78 is 37.1. The molecule has 0 fully saturated rings. The number of alkyl halides is 3. The van der Waals surface area contributed by atoms with E-state index in [9.17, 15) is 18.0 Å². The van der Waals surface area contributed by atoms with Crippen molar-refractivity contribution in [2.45, 2.75) is 6.18 Å². The van der Waals surface area contributed by atoms with Crippen LogP contribution in [0.25, 0.3) is 0 Å². The van der Waals surface area contributed by atoms with E-state index < -0.39 is 24.3 Å². The molecule has 0 aromatic heterocycles. The van der Waals surface area contributed by atoms with Gasteiger partial charge in [0.2, 0.25) is 0 Å². The average molecular weight is 244 g/mol. The number of aliphatic hydroxyl groups is 1. The minimum atomic E-state index is -4.56. The van der Waals surface area contributed by atoms with Crippen molar-refractivity contribution in [2.75, 3.05) is 6.61 Å². The highest BCUT2D eigenvalue weighted by Crippen LogP contribution is 2.30. The molecule has 3 nitrogen and oxygen atoms in total. The fourth-order valence-corrected chi connectivity index (χ4v) is 1.15. The number of benzene rings is 1. The topological polar surface area (TPSA) is 57.5 Å². The van der Waals surface area contributed by atoms with Gasteiger partial charge in [-0.1, -0.05) is 11.8 Å². The average Bonchev–Trinajstić information content (AvgIpc) is 2.24. The Morgan fingerprint density at radius 2 is 2.00 bits per heavy atom. The fraction of sp³-hybridized carbons (Fsp3) is 0.182. The molecule has 2 N–H and O–H groups in total. The lowest BCUT2D eigenvalue weighted by Gasteiger charge is -2.08. The quantitative estimate of drug-likeness (QED) is 0.740.